The largest absolute Gasteiger partial charge is 0.490 e. The third kappa shape index (κ3) is 6.63. The Labute approximate surface area is 279 Å². The number of hydrogen-bond donors (Lipinski definition) is 2. The van der Waals surface area contributed by atoms with Crippen molar-refractivity contribution in [3.8, 4) is 5.75 Å². The quantitative estimate of drug-likeness (QED) is 0.268. The molecule has 4 aliphatic rings. The van der Waals surface area contributed by atoms with Gasteiger partial charge in [0, 0.05) is 36.2 Å². The number of hydrogen-bond acceptors (Lipinski definition) is 6. The van der Waals surface area contributed by atoms with Crippen LogP contribution in [0.25, 0.3) is 0 Å². The van der Waals surface area contributed by atoms with E-state index in [4.69, 9.17) is 21.1 Å². The van der Waals surface area contributed by atoms with Crippen molar-refractivity contribution in [3.05, 3.63) is 70.3 Å². The number of benzene rings is 2. The lowest BCUT2D eigenvalue weighted by Crippen LogP contribution is -2.49. The topological polar surface area (TPSA) is 100 Å². The monoisotopic (exact) mass is 669 g/mol. The van der Waals surface area contributed by atoms with Crippen LogP contribution in [0.4, 0.5) is 5.69 Å². The maximum atomic E-state index is 14.4. The number of halogens is 1. The van der Waals surface area contributed by atoms with Crippen molar-refractivity contribution in [2.24, 2.45) is 16.2 Å². The van der Waals surface area contributed by atoms with Gasteiger partial charge < -0.3 is 19.5 Å². The molecule has 0 aromatic heterocycles. The third-order valence-electron chi connectivity index (χ3n) is 10.7. The molecule has 8 nitrogen and oxygen atoms in total. The lowest BCUT2D eigenvalue weighted by atomic mass is 9.68. The van der Waals surface area contributed by atoms with E-state index in [0.717, 1.165) is 61.7 Å². The number of carbonyl (C=O) groups excluding carboxylic acids is 1. The Morgan fingerprint density at radius 1 is 1.22 bits per heavy atom. The van der Waals surface area contributed by atoms with Crippen LogP contribution in [-0.2, 0) is 26.5 Å². The van der Waals surface area contributed by atoms with E-state index >= 15 is 0 Å². The number of aliphatic hydroxyl groups is 1. The van der Waals surface area contributed by atoms with Crippen molar-refractivity contribution in [2.45, 2.75) is 94.6 Å². The average molecular weight is 670 g/mol. The Morgan fingerprint density at radius 3 is 2.80 bits per heavy atom. The second kappa shape index (κ2) is 14.0. The third-order valence-corrected chi connectivity index (χ3v) is 13.5. The number of carbonyl (C=O) groups is 1. The summed E-state index contributed by atoms with van der Waals surface area (Å²) in [6, 6.07) is 11.7. The second-order valence-corrected chi connectivity index (χ2v) is 16.2. The molecule has 6 rings (SSSR count). The predicted octanol–water partition coefficient (Wildman–Crippen LogP) is 6.82. The van der Waals surface area contributed by atoms with Gasteiger partial charge in [-0.05, 0) is 111 Å². The molecule has 1 spiro atoms. The van der Waals surface area contributed by atoms with Crippen molar-refractivity contribution < 1.29 is 23.6 Å². The average Bonchev–Trinajstić information content (AvgIpc) is 3.18. The molecule has 2 N–H and O–H groups in total. The Kier molecular flexibility index (Phi) is 10.2. The first kappa shape index (κ1) is 33.5. The van der Waals surface area contributed by atoms with Crippen LogP contribution in [0.1, 0.15) is 86.7 Å². The molecule has 10 heteroatoms. The van der Waals surface area contributed by atoms with Crippen LogP contribution in [0.3, 0.4) is 0 Å². The van der Waals surface area contributed by atoms with Gasteiger partial charge in [0.15, 0.2) is 0 Å². The van der Waals surface area contributed by atoms with E-state index < -0.39 is 27.3 Å². The number of nitrogens with one attached hydrogen (secondary N) is 1. The lowest BCUT2D eigenvalue weighted by Gasteiger charge is -2.46. The van der Waals surface area contributed by atoms with Crippen LogP contribution in [0.2, 0.25) is 5.02 Å². The smallest absolute Gasteiger partial charge is 0.286 e. The summed E-state index contributed by atoms with van der Waals surface area (Å²) in [5, 5.41) is 10.8. The van der Waals surface area contributed by atoms with E-state index in [1.165, 1.54) is 11.1 Å². The summed E-state index contributed by atoms with van der Waals surface area (Å²) in [4.78, 5) is 16.3. The van der Waals surface area contributed by atoms with Gasteiger partial charge in [-0.1, -0.05) is 43.7 Å². The number of rotatable bonds is 5. The Hall–Kier alpha value is -2.43. The van der Waals surface area contributed by atoms with Crippen LogP contribution in [0.15, 0.2) is 52.9 Å². The van der Waals surface area contributed by atoms with Gasteiger partial charge in [-0.2, -0.15) is 0 Å². The van der Waals surface area contributed by atoms with Crippen molar-refractivity contribution in [2.75, 3.05) is 31.7 Å². The first-order valence-electron chi connectivity index (χ1n) is 16.9. The van der Waals surface area contributed by atoms with Gasteiger partial charge in [-0.15, -0.1) is 4.36 Å². The fourth-order valence-corrected chi connectivity index (χ4v) is 10.3. The maximum absolute atomic E-state index is 14.4. The van der Waals surface area contributed by atoms with Gasteiger partial charge in [-0.3, -0.25) is 4.79 Å². The molecule has 7 unspecified atom stereocenters. The highest BCUT2D eigenvalue weighted by Crippen LogP contribution is 2.47. The molecule has 2 aromatic rings. The number of aryl methyl sites for hydroxylation is 1. The molecule has 2 aliphatic carbocycles. The van der Waals surface area contributed by atoms with E-state index in [0.29, 0.717) is 49.7 Å². The molecular formula is C36H48ClN3O5S. The van der Waals surface area contributed by atoms with Crippen LogP contribution in [-0.4, -0.2) is 59.6 Å². The number of methoxy groups -OCH3 is 1. The minimum absolute atomic E-state index is 0.0112. The number of allylic oxidation sites excluding steroid dienone is 1. The zero-order valence-corrected chi connectivity index (χ0v) is 28.8. The molecule has 0 radical (unpaired) electrons. The number of nitrogens with zero attached hydrogens (tertiary/aromatic N) is 2. The molecule has 1 amide bonds. The van der Waals surface area contributed by atoms with E-state index in [-0.39, 0.29) is 11.5 Å². The summed E-state index contributed by atoms with van der Waals surface area (Å²) in [5.74, 6) is 0.982. The number of ether oxygens (including phenoxy) is 2. The Morgan fingerprint density at radius 2 is 2.07 bits per heavy atom. The summed E-state index contributed by atoms with van der Waals surface area (Å²) in [6.45, 7) is 5.85. The van der Waals surface area contributed by atoms with E-state index in [1.54, 1.807) is 20.1 Å². The van der Waals surface area contributed by atoms with E-state index in [2.05, 4.69) is 38.3 Å². The van der Waals surface area contributed by atoms with Gasteiger partial charge in [0.2, 0.25) is 0 Å². The molecule has 2 bridgehead atoms. The van der Waals surface area contributed by atoms with Crippen molar-refractivity contribution in [1.29, 1.82) is 0 Å². The van der Waals surface area contributed by atoms with Crippen molar-refractivity contribution >= 4 is 33.1 Å². The Bertz CT molecular complexity index is 1590. The van der Waals surface area contributed by atoms with E-state index in [9.17, 15) is 14.1 Å². The summed E-state index contributed by atoms with van der Waals surface area (Å²) >= 11 is 6.44. The zero-order chi connectivity index (χ0) is 32.5. The summed E-state index contributed by atoms with van der Waals surface area (Å²) in [5.41, 5.74) is 3.58. The van der Waals surface area contributed by atoms with Crippen LogP contribution in [0, 0.1) is 11.8 Å². The minimum Gasteiger partial charge on any atom is -0.490 e. The summed E-state index contributed by atoms with van der Waals surface area (Å²) in [6.07, 6.45) is 10.6. The van der Waals surface area contributed by atoms with Crippen molar-refractivity contribution in [3.63, 3.8) is 0 Å². The summed E-state index contributed by atoms with van der Waals surface area (Å²) in [7, 11) is -1.51. The summed E-state index contributed by atoms with van der Waals surface area (Å²) < 4.78 is 34.3. The molecular weight excluding hydrogens is 622 g/mol. The molecule has 1 fully saturated rings. The van der Waals surface area contributed by atoms with E-state index in [1.807, 2.05) is 25.1 Å². The fraction of sp³-hybridized carbons (Fsp3) is 0.583. The Balaban J connectivity index is 1.46. The number of anilines is 1. The highest BCUT2D eigenvalue weighted by atomic mass is 35.5. The predicted molar refractivity (Wildman–Crippen MR) is 184 cm³/mol. The maximum Gasteiger partial charge on any atom is 0.286 e. The second-order valence-electron chi connectivity index (χ2n) is 13.5. The van der Waals surface area contributed by atoms with Crippen LogP contribution in [0.5, 0.6) is 5.75 Å². The highest BCUT2D eigenvalue weighted by Gasteiger charge is 2.44. The van der Waals surface area contributed by atoms with Gasteiger partial charge in [-0.25, -0.2) is 8.93 Å². The fourth-order valence-electron chi connectivity index (χ4n) is 7.93. The SMILES string of the molecule is CCC(O)NS1(=O)=NC(=O)c2ccc3c(c2)N(CC2CCC2C(OC)/C=C/CCC1CC)CC1(CCCc2cc(Cl)ccc21)CO3. The number of amides is 1. The van der Waals surface area contributed by atoms with Gasteiger partial charge in [0.05, 0.1) is 23.6 Å². The number of aliphatic hydroxyl groups excluding tert-OH is 1. The number of fused-ring (bicyclic) bond motifs is 4. The molecule has 2 heterocycles. The van der Waals surface area contributed by atoms with Gasteiger partial charge >= 0.3 is 0 Å². The normalized spacial score (nSPS) is 32.6. The van der Waals surface area contributed by atoms with Crippen LogP contribution < -0.4 is 14.4 Å². The van der Waals surface area contributed by atoms with Gasteiger partial charge in [0.25, 0.3) is 5.91 Å². The molecule has 46 heavy (non-hydrogen) atoms. The van der Waals surface area contributed by atoms with Crippen LogP contribution >= 0.6 is 11.6 Å². The van der Waals surface area contributed by atoms with Crippen molar-refractivity contribution in [1.82, 2.24) is 4.72 Å². The molecule has 2 aliphatic heterocycles. The molecule has 0 saturated heterocycles. The first-order valence-corrected chi connectivity index (χ1v) is 18.9. The first-order chi connectivity index (χ1) is 22.2. The standard InChI is InChI=1S/C36H48ClN3O5S/c1-4-28-10-6-7-11-32(44-3)29-15-12-26(29)21-40-22-36(18-8-9-24-19-27(37)14-16-30(24)36)23-45-33-17-13-25(20-31(33)40)35(42)39-46(28,43)38-34(41)5-2/h7,11,13-14,16-17,19-20,26,28-29,32,34,41H,4-6,8-10,12,15,18,21-23H2,1-3H3,(H,38,39,42,43)/b11-7+. The minimum atomic E-state index is -3.29. The molecule has 7 atom stereocenters. The molecule has 250 valence electrons. The zero-order valence-electron chi connectivity index (χ0n) is 27.3. The lowest BCUT2D eigenvalue weighted by molar-refractivity contribution is 0.0132. The van der Waals surface area contributed by atoms with Gasteiger partial charge in [0.1, 0.15) is 21.9 Å². The molecule has 1 saturated carbocycles. The molecule has 2 aromatic carbocycles. The highest BCUT2D eigenvalue weighted by molar-refractivity contribution is 7.92.